The van der Waals surface area contributed by atoms with E-state index in [-0.39, 0.29) is 36.8 Å². The molecule has 0 aromatic heterocycles. The average molecular weight is 445 g/mol. The molecule has 162 valence electrons. The van der Waals surface area contributed by atoms with Crippen LogP contribution in [0.1, 0.15) is 28.8 Å². The molecule has 31 heavy (non-hydrogen) atoms. The highest BCUT2D eigenvalue weighted by Gasteiger charge is 2.43. The predicted octanol–water partition coefficient (Wildman–Crippen LogP) is 2.32. The first-order valence-corrected chi connectivity index (χ1v) is 9.86. The Balaban J connectivity index is 1.53. The van der Waals surface area contributed by atoms with E-state index in [1.165, 1.54) is 24.1 Å². The van der Waals surface area contributed by atoms with Crippen LogP contribution in [0.3, 0.4) is 0 Å². The third-order valence-corrected chi connectivity index (χ3v) is 5.25. The Hall–Kier alpha value is -3.43. The van der Waals surface area contributed by atoms with Crippen LogP contribution in [-0.2, 0) is 16.1 Å². The van der Waals surface area contributed by atoms with Crippen LogP contribution in [0.15, 0.2) is 48.5 Å². The highest BCUT2D eigenvalue weighted by molar-refractivity contribution is 6.30. The quantitative estimate of drug-likeness (QED) is 0.344. The lowest BCUT2D eigenvalue weighted by Gasteiger charge is -2.15. The predicted molar refractivity (Wildman–Crippen MR) is 113 cm³/mol. The van der Waals surface area contributed by atoms with E-state index in [9.17, 15) is 19.2 Å². The number of hydrogen-bond donors (Lipinski definition) is 3. The monoisotopic (exact) mass is 444 g/mol. The van der Waals surface area contributed by atoms with Gasteiger partial charge in [-0.3, -0.25) is 19.6 Å². The van der Waals surface area contributed by atoms with Crippen LogP contribution in [0.25, 0.3) is 0 Å². The molecule has 2 aromatic carbocycles. The van der Waals surface area contributed by atoms with E-state index in [4.69, 9.17) is 16.8 Å². The van der Waals surface area contributed by atoms with Crippen molar-refractivity contribution in [1.29, 1.82) is 0 Å². The van der Waals surface area contributed by atoms with Crippen LogP contribution < -0.4 is 15.7 Å². The molecule has 3 rings (SSSR count). The highest BCUT2D eigenvalue weighted by Crippen LogP contribution is 2.27. The van der Waals surface area contributed by atoms with Gasteiger partial charge in [0.25, 0.3) is 11.8 Å². The number of halogens is 1. The van der Waals surface area contributed by atoms with Gasteiger partial charge in [0.05, 0.1) is 5.69 Å². The van der Waals surface area contributed by atoms with E-state index < -0.39 is 18.0 Å². The topological polar surface area (TPSA) is 119 Å². The number of imide groups is 1. The van der Waals surface area contributed by atoms with Crippen molar-refractivity contribution in [3.05, 3.63) is 64.7 Å². The molecular formula is C21H21ClN4O5. The summed E-state index contributed by atoms with van der Waals surface area (Å²) in [4.78, 5) is 51.2. The summed E-state index contributed by atoms with van der Waals surface area (Å²) in [5, 5.41) is 11.9. The second-order valence-corrected chi connectivity index (χ2v) is 7.45. The molecule has 0 aliphatic carbocycles. The number of hydroxylamine groups is 1. The zero-order chi connectivity index (χ0) is 22.5. The Morgan fingerprint density at radius 3 is 2.32 bits per heavy atom. The third kappa shape index (κ3) is 5.01. The SMILES string of the molecule is CN1C(=O)N(c2ccc(Cl)cc2)C(=O)C1CCC(=O)NCc1ccc(C(=O)NO)cc1. The van der Waals surface area contributed by atoms with Gasteiger partial charge in [-0.2, -0.15) is 0 Å². The fraction of sp³-hybridized carbons (Fsp3) is 0.238. The molecule has 1 heterocycles. The number of anilines is 1. The van der Waals surface area contributed by atoms with Crippen molar-refractivity contribution in [2.24, 2.45) is 0 Å². The number of carbonyl (C=O) groups excluding carboxylic acids is 4. The van der Waals surface area contributed by atoms with E-state index >= 15 is 0 Å². The van der Waals surface area contributed by atoms with E-state index in [2.05, 4.69) is 5.32 Å². The molecule has 1 atom stereocenters. The molecule has 1 unspecified atom stereocenters. The molecule has 1 aliphatic rings. The van der Waals surface area contributed by atoms with Crippen molar-refractivity contribution >= 4 is 41.0 Å². The maximum absolute atomic E-state index is 12.8. The number of hydrogen-bond acceptors (Lipinski definition) is 5. The van der Waals surface area contributed by atoms with Gasteiger partial charge in [-0.1, -0.05) is 23.7 Å². The maximum Gasteiger partial charge on any atom is 0.331 e. The van der Waals surface area contributed by atoms with Crippen LogP contribution >= 0.6 is 11.6 Å². The van der Waals surface area contributed by atoms with Crippen LogP contribution in [0, 0.1) is 0 Å². The maximum atomic E-state index is 12.8. The van der Waals surface area contributed by atoms with Gasteiger partial charge >= 0.3 is 6.03 Å². The fourth-order valence-electron chi connectivity index (χ4n) is 3.24. The highest BCUT2D eigenvalue weighted by atomic mass is 35.5. The van der Waals surface area contributed by atoms with Crippen molar-refractivity contribution in [3.8, 4) is 0 Å². The molecule has 1 saturated heterocycles. The minimum absolute atomic E-state index is 0.0630. The Morgan fingerprint density at radius 2 is 1.71 bits per heavy atom. The standard InChI is InChI=1S/C21H21ClN4O5/c1-25-17(20(29)26(21(25)30)16-8-6-15(22)7-9-16)10-11-18(27)23-12-13-2-4-14(5-3-13)19(28)24-31/h2-9,17,31H,10-12H2,1H3,(H,23,27)(H,24,28). The Bertz CT molecular complexity index is 994. The van der Waals surface area contributed by atoms with Crippen molar-refractivity contribution < 1.29 is 24.4 Å². The van der Waals surface area contributed by atoms with Gasteiger partial charge < -0.3 is 10.2 Å². The van der Waals surface area contributed by atoms with Crippen LogP contribution in [0.5, 0.6) is 0 Å². The number of nitrogens with zero attached hydrogens (tertiary/aromatic N) is 2. The number of rotatable bonds is 7. The van der Waals surface area contributed by atoms with E-state index in [0.29, 0.717) is 10.7 Å². The fourth-order valence-corrected chi connectivity index (χ4v) is 3.37. The lowest BCUT2D eigenvalue weighted by atomic mass is 10.1. The van der Waals surface area contributed by atoms with E-state index in [0.717, 1.165) is 10.5 Å². The Morgan fingerprint density at radius 1 is 1.06 bits per heavy atom. The Labute approximate surface area is 183 Å². The number of amides is 5. The summed E-state index contributed by atoms with van der Waals surface area (Å²) in [6.07, 6.45) is 0.250. The van der Waals surface area contributed by atoms with Gasteiger partial charge in [-0.05, 0) is 48.4 Å². The molecule has 0 saturated carbocycles. The number of carbonyl (C=O) groups is 4. The second kappa shape index (κ2) is 9.59. The number of nitrogens with one attached hydrogen (secondary N) is 2. The van der Waals surface area contributed by atoms with Gasteiger partial charge in [0.2, 0.25) is 5.91 Å². The Kier molecular flexibility index (Phi) is 6.88. The number of likely N-dealkylation sites (N-methyl/N-ethyl adjacent to an activating group) is 1. The van der Waals surface area contributed by atoms with Crippen LogP contribution in [0.2, 0.25) is 5.02 Å². The first-order valence-electron chi connectivity index (χ1n) is 9.48. The summed E-state index contributed by atoms with van der Waals surface area (Å²) >= 11 is 5.86. The zero-order valence-corrected chi connectivity index (χ0v) is 17.4. The first-order chi connectivity index (χ1) is 14.8. The van der Waals surface area contributed by atoms with Crippen molar-refractivity contribution in [2.75, 3.05) is 11.9 Å². The molecular weight excluding hydrogens is 424 g/mol. The smallest absolute Gasteiger partial charge is 0.331 e. The van der Waals surface area contributed by atoms with Gasteiger partial charge in [0.1, 0.15) is 6.04 Å². The molecule has 3 N–H and O–H groups in total. The normalized spacial score (nSPS) is 15.9. The van der Waals surface area contributed by atoms with Crippen LogP contribution in [-0.4, -0.2) is 46.9 Å². The summed E-state index contributed by atoms with van der Waals surface area (Å²) < 4.78 is 0. The minimum Gasteiger partial charge on any atom is -0.352 e. The number of benzene rings is 2. The molecule has 9 nitrogen and oxygen atoms in total. The average Bonchev–Trinajstić information content (AvgIpc) is 2.99. The van der Waals surface area contributed by atoms with E-state index in [1.54, 1.807) is 41.9 Å². The second-order valence-electron chi connectivity index (χ2n) is 7.01. The molecule has 1 aliphatic heterocycles. The lowest BCUT2D eigenvalue weighted by Crippen LogP contribution is -2.33. The zero-order valence-electron chi connectivity index (χ0n) is 16.7. The molecule has 5 amide bonds. The van der Waals surface area contributed by atoms with Crippen molar-refractivity contribution in [1.82, 2.24) is 15.7 Å². The molecule has 0 spiro atoms. The lowest BCUT2D eigenvalue weighted by molar-refractivity contribution is -0.122. The number of urea groups is 1. The summed E-state index contributed by atoms with van der Waals surface area (Å²) in [5.41, 5.74) is 3.03. The summed E-state index contributed by atoms with van der Waals surface area (Å²) in [7, 11) is 1.53. The molecule has 1 fully saturated rings. The summed E-state index contributed by atoms with van der Waals surface area (Å²) in [5.74, 6) is -1.28. The summed E-state index contributed by atoms with van der Waals surface area (Å²) in [6.45, 7) is 0.240. The molecule has 10 heteroatoms. The summed E-state index contributed by atoms with van der Waals surface area (Å²) in [6, 6.07) is 11.6. The molecule has 0 bridgehead atoms. The first kappa shape index (κ1) is 22.3. The molecule has 2 aromatic rings. The van der Waals surface area contributed by atoms with Gasteiger partial charge in [-0.25, -0.2) is 15.2 Å². The van der Waals surface area contributed by atoms with Crippen molar-refractivity contribution in [2.45, 2.75) is 25.4 Å². The third-order valence-electron chi connectivity index (χ3n) is 5.00. The van der Waals surface area contributed by atoms with Crippen molar-refractivity contribution in [3.63, 3.8) is 0 Å². The van der Waals surface area contributed by atoms with Gasteiger partial charge in [0.15, 0.2) is 0 Å². The van der Waals surface area contributed by atoms with Crippen LogP contribution in [0.4, 0.5) is 10.5 Å². The minimum atomic E-state index is -0.731. The van der Waals surface area contributed by atoms with E-state index in [1.807, 2.05) is 0 Å². The molecule has 0 radical (unpaired) electrons. The van der Waals surface area contributed by atoms with Gasteiger partial charge in [-0.15, -0.1) is 0 Å². The van der Waals surface area contributed by atoms with Gasteiger partial charge in [0, 0.05) is 30.6 Å². The largest absolute Gasteiger partial charge is 0.352 e.